The van der Waals surface area contributed by atoms with Gasteiger partial charge in [-0.1, -0.05) is 24.4 Å². The maximum atomic E-state index is 10.6. The molecule has 1 aliphatic rings. The first-order valence-corrected chi connectivity index (χ1v) is 3.78. The van der Waals surface area contributed by atoms with Gasteiger partial charge in [-0.3, -0.25) is 4.79 Å². The van der Waals surface area contributed by atoms with E-state index in [0.717, 1.165) is 17.0 Å². The van der Waals surface area contributed by atoms with Gasteiger partial charge in [-0.05, 0) is 6.08 Å². The third-order valence-corrected chi connectivity index (χ3v) is 1.70. The number of carbonyl (C=O) groups excluding carboxylic acids is 1. The lowest BCUT2D eigenvalue weighted by atomic mass is 10.1. The molecular formula is C8H9NOS. The predicted octanol–water partition coefficient (Wildman–Crippen LogP) is 1.34. The molecule has 0 radical (unpaired) electrons. The Kier molecular flexibility index (Phi) is 2.54. The van der Waals surface area contributed by atoms with Gasteiger partial charge < -0.3 is 5.32 Å². The van der Waals surface area contributed by atoms with Crippen LogP contribution in [0.5, 0.6) is 0 Å². The zero-order valence-corrected chi connectivity index (χ0v) is 7.07. The van der Waals surface area contributed by atoms with Crippen LogP contribution in [0.2, 0.25) is 0 Å². The fourth-order valence-electron chi connectivity index (χ4n) is 0.843. The number of amides is 1. The predicted molar refractivity (Wildman–Crippen MR) is 48.3 cm³/mol. The van der Waals surface area contributed by atoms with E-state index in [4.69, 9.17) is 12.2 Å². The van der Waals surface area contributed by atoms with Gasteiger partial charge in [-0.25, -0.2) is 0 Å². The molecule has 11 heavy (non-hydrogen) atoms. The lowest BCUT2D eigenvalue weighted by Gasteiger charge is -2.09. The lowest BCUT2D eigenvalue weighted by molar-refractivity contribution is -0.118. The molecule has 0 fully saturated rings. The Morgan fingerprint density at radius 2 is 2.45 bits per heavy atom. The van der Waals surface area contributed by atoms with Gasteiger partial charge in [0, 0.05) is 18.2 Å². The molecule has 0 atom stereocenters. The fraction of sp³-hybridized carbons (Fsp3) is 0.250. The summed E-state index contributed by atoms with van der Waals surface area (Å²) in [6.07, 6.45) is 6.42. The molecule has 3 heteroatoms. The molecule has 0 heterocycles. The Morgan fingerprint density at radius 1 is 1.73 bits per heavy atom. The Hall–Kier alpha value is -0.960. The molecule has 0 saturated carbocycles. The molecule has 2 nitrogen and oxygen atoms in total. The normalized spacial score (nSPS) is 16.1. The number of carbonyl (C=O) groups is 1. The van der Waals surface area contributed by atoms with Crippen LogP contribution in [0.25, 0.3) is 0 Å². The average Bonchev–Trinajstić information content (AvgIpc) is 1.93. The SMILES string of the molecule is CC(=O)NC1=CC=CCC1=S. The molecule has 0 aromatic heterocycles. The van der Waals surface area contributed by atoms with Crippen molar-refractivity contribution in [3.63, 3.8) is 0 Å². The first-order valence-electron chi connectivity index (χ1n) is 3.38. The monoisotopic (exact) mass is 167 g/mol. The summed E-state index contributed by atoms with van der Waals surface area (Å²) in [5.41, 5.74) is 0.759. The van der Waals surface area contributed by atoms with Crippen LogP contribution in [-0.2, 0) is 4.79 Å². The lowest BCUT2D eigenvalue weighted by Crippen LogP contribution is -2.24. The quantitative estimate of drug-likeness (QED) is 0.597. The van der Waals surface area contributed by atoms with Gasteiger partial charge in [0.2, 0.25) is 5.91 Å². The molecule has 0 aromatic rings. The third-order valence-electron chi connectivity index (χ3n) is 1.31. The number of thiocarbonyl (C=S) groups is 1. The van der Waals surface area contributed by atoms with E-state index in [0.29, 0.717) is 0 Å². The molecule has 1 aliphatic carbocycles. The number of rotatable bonds is 1. The second kappa shape index (κ2) is 3.44. The van der Waals surface area contributed by atoms with Crippen LogP contribution in [0, 0.1) is 0 Å². The highest BCUT2D eigenvalue weighted by Crippen LogP contribution is 2.06. The molecule has 0 spiro atoms. The number of hydrogen-bond donors (Lipinski definition) is 1. The van der Waals surface area contributed by atoms with E-state index in [1.54, 1.807) is 0 Å². The minimum Gasteiger partial charge on any atom is -0.325 e. The third kappa shape index (κ3) is 2.27. The van der Waals surface area contributed by atoms with Crippen LogP contribution in [0.1, 0.15) is 13.3 Å². The maximum Gasteiger partial charge on any atom is 0.221 e. The van der Waals surface area contributed by atoms with Gasteiger partial charge >= 0.3 is 0 Å². The summed E-state index contributed by atoms with van der Waals surface area (Å²) >= 11 is 5.01. The minimum atomic E-state index is -0.0751. The summed E-state index contributed by atoms with van der Waals surface area (Å²) in [5, 5.41) is 2.66. The van der Waals surface area contributed by atoms with Crippen LogP contribution in [0.15, 0.2) is 23.9 Å². The summed E-state index contributed by atoms with van der Waals surface area (Å²) in [7, 11) is 0. The largest absolute Gasteiger partial charge is 0.325 e. The molecule has 0 saturated heterocycles. The second-order valence-electron chi connectivity index (χ2n) is 2.32. The Balaban J connectivity index is 2.68. The van der Waals surface area contributed by atoms with Gasteiger partial charge in [-0.2, -0.15) is 0 Å². The van der Waals surface area contributed by atoms with Gasteiger partial charge in [0.05, 0.1) is 5.70 Å². The zero-order chi connectivity index (χ0) is 8.27. The fourth-order valence-corrected chi connectivity index (χ4v) is 1.06. The van der Waals surface area contributed by atoms with Crippen LogP contribution in [-0.4, -0.2) is 10.8 Å². The summed E-state index contributed by atoms with van der Waals surface area (Å²) in [5.74, 6) is -0.0751. The van der Waals surface area contributed by atoms with Crippen molar-refractivity contribution >= 4 is 23.0 Å². The maximum absolute atomic E-state index is 10.6. The minimum absolute atomic E-state index is 0.0751. The second-order valence-corrected chi connectivity index (χ2v) is 2.81. The average molecular weight is 167 g/mol. The standard InChI is InChI=1S/C8H9NOS/c1-6(10)9-7-4-2-3-5-8(7)11/h2-4H,5H2,1H3,(H,9,10). The van der Waals surface area contributed by atoms with E-state index in [2.05, 4.69) is 5.32 Å². The molecule has 0 aliphatic heterocycles. The smallest absolute Gasteiger partial charge is 0.221 e. The van der Waals surface area contributed by atoms with Crippen LogP contribution in [0.4, 0.5) is 0 Å². The van der Waals surface area contributed by atoms with E-state index in [1.807, 2.05) is 18.2 Å². The number of nitrogens with one attached hydrogen (secondary N) is 1. The van der Waals surface area contributed by atoms with Crippen molar-refractivity contribution < 1.29 is 4.79 Å². The van der Waals surface area contributed by atoms with Gasteiger partial charge in [0.15, 0.2) is 0 Å². The van der Waals surface area contributed by atoms with E-state index in [9.17, 15) is 4.79 Å². The molecule has 1 amide bonds. The number of hydrogen-bond acceptors (Lipinski definition) is 2. The summed E-state index contributed by atoms with van der Waals surface area (Å²) < 4.78 is 0. The van der Waals surface area contributed by atoms with Crippen molar-refractivity contribution in [3.8, 4) is 0 Å². The first-order chi connectivity index (χ1) is 5.20. The molecule has 0 aromatic carbocycles. The Bertz CT molecular complexity index is 253. The van der Waals surface area contributed by atoms with Crippen molar-refractivity contribution in [2.45, 2.75) is 13.3 Å². The summed E-state index contributed by atoms with van der Waals surface area (Å²) in [6, 6.07) is 0. The molecule has 1 rings (SSSR count). The zero-order valence-electron chi connectivity index (χ0n) is 6.26. The topological polar surface area (TPSA) is 29.1 Å². The number of allylic oxidation sites excluding steroid dienone is 4. The summed E-state index contributed by atoms with van der Waals surface area (Å²) in [4.78, 5) is 11.4. The van der Waals surface area contributed by atoms with Crippen molar-refractivity contribution in [3.05, 3.63) is 23.9 Å². The Morgan fingerprint density at radius 3 is 3.00 bits per heavy atom. The molecule has 1 N–H and O–H groups in total. The van der Waals surface area contributed by atoms with Gasteiger partial charge in [0.25, 0.3) is 0 Å². The van der Waals surface area contributed by atoms with Crippen LogP contribution in [0.3, 0.4) is 0 Å². The highest BCUT2D eigenvalue weighted by atomic mass is 32.1. The first kappa shape index (κ1) is 8.14. The van der Waals surface area contributed by atoms with Crippen molar-refractivity contribution in [1.82, 2.24) is 5.32 Å². The van der Waals surface area contributed by atoms with E-state index < -0.39 is 0 Å². The highest BCUT2D eigenvalue weighted by Gasteiger charge is 2.06. The van der Waals surface area contributed by atoms with Crippen molar-refractivity contribution in [2.75, 3.05) is 0 Å². The highest BCUT2D eigenvalue weighted by molar-refractivity contribution is 7.80. The summed E-state index contributed by atoms with van der Waals surface area (Å²) in [6.45, 7) is 1.47. The molecule has 0 bridgehead atoms. The molecule has 0 unspecified atom stereocenters. The van der Waals surface area contributed by atoms with Crippen LogP contribution < -0.4 is 5.32 Å². The van der Waals surface area contributed by atoms with E-state index in [-0.39, 0.29) is 5.91 Å². The van der Waals surface area contributed by atoms with Gasteiger partial charge in [0.1, 0.15) is 0 Å². The molecular weight excluding hydrogens is 158 g/mol. The van der Waals surface area contributed by atoms with Crippen LogP contribution >= 0.6 is 12.2 Å². The van der Waals surface area contributed by atoms with E-state index >= 15 is 0 Å². The Labute approximate surface area is 71.0 Å². The van der Waals surface area contributed by atoms with E-state index in [1.165, 1.54) is 6.92 Å². The molecule has 58 valence electrons. The van der Waals surface area contributed by atoms with Crippen molar-refractivity contribution in [2.24, 2.45) is 0 Å². The van der Waals surface area contributed by atoms with Gasteiger partial charge in [-0.15, -0.1) is 0 Å². The van der Waals surface area contributed by atoms with Crippen molar-refractivity contribution in [1.29, 1.82) is 0 Å².